The topological polar surface area (TPSA) is 87.0 Å². The van der Waals surface area contributed by atoms with Gasteiger partial charge in [0.1, 0.15) is 0 Å². The number of ether oxygens (including phenoxy) is 1. The Morgan fingerprint density at radius 1 is 1.43 bits per heavy atom. The Hall–Kier alpha value is -1.91. The smallest absolute Gasteiger partial charge is 0.335 e. The second kappa shape index (κ2) is 3.87. The number of phenolic OH excluding ortho intramolecular Hbond substituents is 2. The van der Waals surface area contributed by atoms with E-state index in [9.17, 15) is 9.90 Å². The molecule has 1 aromatic carbocycles. The molecule has 0 radical (unpaired) electrons. The molecule has 0 unspecified atom stereocenters. The molecule has 14 heavy (non-hydrogen) atoms. The van der Waals surface area contributed by atoms with Gasteiger partial charge in [0, 0.05) is 0 Å². The minimum atomic E-state index is -1.19. The van der Waals surface area contributed by atoms with E-state index in [2.05, 4.69) is 0 Å². The van der Waals surface area contributed by atoms with Crippen molar-refractivity contribution < 1.29 is 24.9 Å². The Labute approximate surface area is 80.2 Å². The SMILES string of the molecule is CCOc1cc(C(=O)O)cc(O)c1O. The number of phenols is 2. The molecule has 76 valence electrons. The number of carboxylic acid groups (broad SMARTS) is 1. The summed E-state index contributed by atoms with van der Waals surface area (Å²) in [6.07, 6.45) is 0. The zero-order valence-corrected chi connectivity index (χ0v) is 7.52. The molecule has 0 bridgehead atoms. The number of hydrogen-bond donors (Lipinski definition) is 3. The van der Waals surface area contributed by atoms with Crippen molar-refractivity contribution in [2.24, 2.45) is 0 Å². The highest BCUT2D eigenvalue weighted by molar-refractivity contribution is 5.89. The maximum atomic E-state index is 10.6. The molecule has 5 heteroatoms. The van der Waals surface area contributed by atoms with Gasteiger partial charge in [-0.3, -0.25) is 0 Å². The summed E-state index contributed by atoms with van der Waals surface area (Å²) in [6, 6.07) is 2.11. The van der Waals surface area contributed by atoms with Crippen molar-refractivity contribution in [2.45, 2.75) is 6.92 Å². The standard InChI is InChI=1S/C9H10O5/c1-2-14-7-4-5(9(12)13)3-6(10)8(7)11/h3-4,10-11H,2H2,1H3,(H,12,13). The first-order valence-electron chi connectivity index (χ1n) is 3.98. The van der Waals surface area contributed by atoms with Crippen molar-refractivity contribution in [3.63, 3.8) is 0 Å². The molecule has 0 aliphatic rings. The quantitative estimate of drug-likeness (QED) is 0.635. The summed E-state index contributed by atoms with van der Waals surface area (Å²) in [5.41, 5.74) is -0.135. The number of aromatic carboxylic acids is 1. The van der Waals surface area contributed by atoms with Crippen LogP contribution in [0.1, 0.15) is 17.3 Å². The first kappa shape index (κ1) is 10.2. The van der Waals surface area contributed by atoms with Crippen LogP contribution in [0.5, 0.6) is 17.2 Å². The van der Waals surface area contributed by atoms with Crippen molar-refractivity contribution in [1.82, 2.24) is 0 Å². The van der Waals surface area contributed by atoms with Gasteiger partial charge in [-0.1, -0.05) is 0 Å². The monoisotopic (exact) mass is 198 g/mol. The molecule has 5 nitrogen and oxygen atoms in total. The van der Waals surface area contributed by atoms with E-state index >= 15 is 0 Å². The first-order valence-corrected chi connectivity index (χ1v) is 3.98. The van der Waals surface area contributed by atoms with Gasteiger partial charge in [-0.05, 0) is 19.1 Å². The van der Waals surface area contributed by atoms with Crippen LogP contribution in [0.3, 0.4) is 0 Å². The lowest BCUT2D eigenvalue weighted by molar-refractivity contribution is 0.0696. The maximum absolute atomic E-state index is 10.6. The van der Waals surface area contributed by atoms with E-state index in [0.29, 0.717) is 0 Å². The summed E-state index contributed by atoms with van der Waals surface area (Å²) in [5.74, 6) is -2.18. The molecule has 0 aromatic heterocycles. The van der Waals surface area contributed by atoms with E-state index < -0.39 is 17.5 Å². The summed E-state index contributed by atoms with van der Waals surface area (Å²) in [4.78, 5) is 10.6. The van der Waals surface area contributed by atoms with E-state index in [0.717, 1.165) is 12.1 Å². The van der Waals surface area contributed by atoms with E-state index in [1.807, 2.05) is 0 Å². The van der Waals surface area contributed by atoms with Crippen LogP contribution in [0, 0.1) is 0 Å². The number of carbonyl (C=O) groups is 1. The number of rotatable bonds is 3. The lowest BCUT2D eigenvalue weighted by Crippen LogP contribution is -1.98. The van der Waals surface area contributed by atoms with Gasteiger partial charge >= 0.3 is 5.97 Å². The molecule has 0 aliphatic carbocycles. The highest BCUT2D eigenvalue weighted by Crippen LogP contribution is 2.36. The van der Waals surface area contributed by atoms with Gasteiger partial charge in [-0.2, -0.15) is 0 Å². The molecule has 3 N–H and O–H groups in total. The Balaban J connectivity index is 3.20. The van der Waals surface area contributed by atoms with Gasteiger partial charge in [0.25, 0.3) is 0 Å². The molecule has 1 rings (SSSR count). The van der Waals surface area contributed by atoms with Crippen molar-refractivity contribution in [1.29, 1.82) is 0 Å². The Morgan fingerprint density at radius 3 is 2.57 bits per heavy atom. The van der Waals surface area contributed by atoms with Crippen LogP contribution in [0.15, 0.2) is 12.1 Å². The largest absolute Gasteiger partial charge is 0.504 e. The second-order valence-electron chi connectivity index (χ2n) is 2.58. The Morgan fingerprint density at radius 2 is 2.07 bits per heavy atom. The van der Waals surface area contributed by atoms with Crippen LogP contribution < -0.4 is 4.74 Å². The fourth-order valence-electron chi connectivity index (χ4n) is 0.982. The zero-order valence-electron chi connectivity index (χ0n) is 7.52. The minimum Gasteiger partial charge on any atom is -0.504 e. The number of benzene rings is 1. The molecule has 0 saturated carbocycles. The van der Waals surface area contributed by atoms with Crippen LogP contribution in [-0.2, 0) is 0 Å². The molecule has 0 saturated heterocycles. The lowest BCUT2D eigenvalue weighted by Gasteiger charge is -2.07. The van der Waals surface area contributed by atoms with Gasteiger partial charge in [-0.15, -0.1) is 0 Å². The average Bonchev–Trinajstić information content (AvgIpc) is 2.12. The fourth-order valence-corrected chi connectivity index (χ4v) is 0.982. The molecule has 0 atom stereocenters. The summed E-state index contributed by atoms with van der Waals surface area (Å²) in [5, 5.41) is 27.1. The van der Waals surface area contributed by atoms with Crippen molar-refractivity contribution in [3.8, 4) is 17.2 Å². The van der Waals surface area contributed by atoms with E-state index in [1.165, 1.54) is 0 Å². The van der Waals surface area contributed by atoms with Crippen LogP contribution in [0.2, 0.25) is 0 Å². The van der Waals surface area contributed by atoms with Gasteiger partial charge in [-0.25, -0.2) is 4.79 Å². The highest BCUT2D eigenvalue weighted by Gasteiger charge is 2.13. The van der Waals surface area contributed by atoms with E-state index in [4.69, 9.17) is 14.9 Å². The predicted molar refractivity (Wildman–Crippen MR) is 47.9 cm³/mol. The number of hydrogen-bond acceptors (Lipinski definition) is 4. The van der Waals surface area contributed by atoms with Crippen molar-refractivity contribution >= 4 is 5.97 Å². The third-order valence-corrected chi connectivity index (χ3v) is 1.60. The molecule has 0 spiro atoms. The summed E-state index contributed by atoms with van der Waals surface area (Å²) < 4.78 is 4.93. The molecule has 0 fully saturated rings. The third-order valence-electron chi connectivity index (χ3n) is 1.60. The molecule has 0 aliphatic heterocycles. The average molecular weight is 198 g/mol. The van der Waals surface area contributed by atoms with Crippen LogP contribution in [0.4, 0.5) is 0 Å². The van der Waals surface area contributed by atoms with Gasteiger partial charge in [0.15, 0.2) is 11.5 Å². The maximum Gasteiger partial charge on any atom is 0.335 e. The molecule has 0 heterocycles. The van der Waals surface area contributed by atoms with Crippen molar-refractivity contribution in [2.75, 3.05) is 6.61 Å². The van der Waals surface area contributed by atoms with Gasteiger partial charge in [0.05, 0.1) is 12.2 Å². The molecular formula is C9H10O5. The van der Waals surface area contributed by atoms with Crippen molar-refractivity contribution in [3.05, 3.63) is 17.7 Å². The van der Waals surface area contributed by atoms with Crippen LogP contribution in [-0.4, -0.2) is 27.9 Å². The molecule has 0 amide bonds. The third kappa shape index (κ3) is 1.87. The first-order chi connectivity index (χ1) is 6.56. The fraction of sp³-hybridized carbons (Fsp3) is 0.222. The van der Waals surface area contributed by atoms with E-state index in [1.54, 1.807) is 6.92 Å². The zero-order chi connectivity index (χ0) is 10.7. The van der Waals surface area contributed by atoms with E-state index in [-0.39, 0.29) is 17.9 Å². The summed E-state index contributed by atoms with van der Waals surface area (Å²) >= 11 is 0. The minimum absolute atomic E-state index is 0.0371. The van der Waals surface area contributed by atoms with Gasteiger partial charge < -0.3 is 20.1 Å². The second-order valence-corrected chi connectivity index (χ2v) is 2.58. The molecule has 1 aromatic rings. The number of aromatic hydroxyl groups is 2. The van der Waals surface area contributed by atoms with Gasteiger partial charge in [0.2, 0.25) is 5.75 Å². The Kier molecular flexibility index (Phi) is 2.81. The number of carboxylic acids is 1. The van der Waals surface area contributed by atoms with Crippen LogP contribution >= 0.6 is 0 Å². The lowest BCUT2D eigenvalue weighted by atomic mass is 10.2. The highest BCUT2D eigenvalue weighted by atomic mass is 16.5. The Bertz CT molecular complexity index is 358. The summed E-state index contributed by atoms with van der Waals surface area (Å²) in [6.45, 7) is 1.96. The molecular weight excluding hydrogens is 188 g/mol. The van der Waals surface area contributed by atoms with Crippen LogP contribution in [0.25, 0.3) is 0 Å². The normalized spacial score (nSPS) is 9.79. The predicted octanol–water partition coefficient (Wildman–Crippen LogP) is 1.19. The summed E-state index contributed by atoms with van der Waals surface area (Å²) in [7, 11) is 0.